The van der Waals surface area contributed by atoms with Crippen LogP contribution < -0.4 is 10.6 Å². The summed E-state index contributed by atoms with van der Waals surface area (Å²) in [5.41, 5.74) is 0.303. The van der Waals surface area contributed by atoms with Gasteiger partial charge in [-0.25, -0.2) is 4.79 Å². The summed E-state index contributed by atoms with van der Waals surface area (Å²) in [6, 6.07) is 3.06. The van der Waals surface area contributed by atoms with E-state index in [1.807, 2.05) is 26.0 Å². The van der Waals surface area contributed by atoms with Crippen molar-refractivity contribution in [2.24, 2.45) is 5.92 Å². The van der Waals surface area contributed by atoms with Gasteiger partial charge in [0.25, 0.3) is 0 Å². The Bertz CT molecular complexity index is 512. The van der Waals surface area contributed by atoms with E-state index in [0.29, 0.717) is 6.54 Å². The average Bonchev–Trinajstić information content (AvgIpc) is 2.49. The minimum atomic E-state index is -0.633. The number of amides is 2. The van der Waals surface area contributed by atoms with Crippen LogP contribution in [0.4, 0.5) is 4.79 Å². The SMILES string of the molecule is CC[C@H](C)[C@H](NC(=O)OC(C)(C)C)C(=O)NCc1cccnc1. The van der Waals surface area contributed by atoms with Crippen LogP contribution in [-0.2, 0) is 16.1 Å². The summed E-state index contributed by atoms with van der Waals surface area (Å²) in [5, 5.41) is 5.50. The molecule has 2 atom stereocenters. The van der Waals surface area contributed by atoms with Crippen molar-refractivity contribution in [2.75, 3.05) is 0 Å². The van der Waals surface area contributed by atoms with E-state index < -0.39 is 17.7 Å². The van der Waals surface area contributed by atoms with Gasteiger partial charge in [0.2, 0.25) is 5.91 Å². The molecule has 0 bridgehead atoms. The van der Waals surface area contributed by atoms with E-state index >= 15 is 0 Å². The number of carbonyl (C=O) groups excluding carboxylic acids is 2. The molecule has 0 radical (unpaired) electrons. The number of pyridine rings is 1. The lowest BCUT2D eigenvalue weighted by Crippen LogP contribution is -2.51. The quantitative estimate of drug-likeness (QED) is 0.844. The van der Waals surface area contributed by atoms with Gasteiger partial charge in [-0.2, -0.15) is 0 Å². The van der Waals surface area contributed by atoms with E-state index in [2.05, 4.69) is 15.6 Å². The number of alkyl carbamates (subject to hydrolysis) is 1. The Morgan fingerprint density at radius 1 is 1.35 bits per heavy atom. The van der Waals surface area contributed by atoms with E-state index in [9.17, 15) is 9.59 Å². The summed E-state index contributed by atoms with van der Waals surface area (Å²) in [5.74, 6) is -0.231. The fourth-order valence-corrected chi connectivity index (χ4v) is 1.94. The van der Waals surface area contributed by atoms with Crippen LogP contribution in [0.2, 0.25) is 0 Å². The Kier molecular flexibility index (Phi) is 7.00. The Morgan fingerprint density at radius 3 is 2.57 bits per heavy atom. The van der Waals surface area contributed by atoms with Crippen molar-refractivity contribution < 1.29 is 14.3 Å². The largest absolute Gasteiger partial charge is 0.444 e. The molecule has 1 heterocycles. The highest BCUT2D eigenvalue weighted by atomic mass is 16.6. The molecule has 0 aromatic carbocycles. The maximum Gasteiger partial charge on any atom is 0.408 e. The van der Waals surface area contributed by atoms with Gasteiger partial charge in [-0.15, -0.1) is 0 Å². The van der Waals surface area contributed by atoms with Crippen molar-refractivity contribution in [1.82, 2.24) is 15.6 Å². The minimum absolute atomic E-state index is 0.00332. The third kappa shape index (κ3) is 7.13. The molecular weight excluding hydrogens is 294 g/mol. The molecule has 1 aromatic rings. The lowest BCUT2D eigenvalue weighted by atomic mass is 9.98. The molecule has 0 fully saturated rings. The molecule has 0 spiro atoms. The molecule has 128 valence electrons. The average molecular weight is 321 g/mol. The van der Waals surface area contributed by atoms with Crippen LogP contribution in [0.25, 0.3) is 0 Å². The number of carbonyl (C=O) groups is 2. The number of nitrogens with zero attached hydrogens (tertiary/aromatic N) is 1. The highest BCUT2D eigenvalue weighted by Gasteiger charge is 2.28. The molecule has 1 aromatic heterocycles. The number of hydrogen-bond donors (Lipinski definition) is 2. The molecule has 0 unspecified atom stereocenters. The van der Waals surface area contributed by atoms with Crippen molar-refractivity contribution in [2.45, 2.75) is 59.2 Å². The van der Waals surface area contributed by atoms with E-state index in [-0.39, 0.29) is 11.8 Å². The standard InChI is InChI=1S/C17H27N3O3/c1-6-12(2)14(20-16(22)23-17(3,4)5)15(21)19-11-13-8-7-9-18-10-13/h7-10,12,14H,6,11H2,1-5H3,(H,19,21)(H,20,22)/t12-,14-/m0/s1. The topological polar surface area (TPSA) is 80.3 Å². The van der Waals surface area contributed by atoms with Crippen LogP contribution in [0.3, 0.4) is 0 Å². The first-order valence-corrected chi connectivity index (χ1v) is 7.89. The summed E-state index contributed by atoms with van der Waals surface area (Å²) in [4.78, 5) is 28.4. The zero-order valence-corrected chi connectivity index (χ0v) is 14.6. The van der Waals surface area contributed by atoms with Crippen molar-refractivity contribution in [1.29, 1.82) is 0 Å². The zero-order valence-electron chi connectivity index (χ0n) is 14.6. The summed E-state index contributed by atoms with van der Waals surface area (Å²) >= 11 is 0. The van der Waals surface area contributed by atoms with Crippen molar-refractivity contribution in [3.05, 3.63) is 30.1 Å². The summed E-state index contributed by atoms with van der Waals surface area (Å²) in [6.45, 7) is 9.62. The first-order chi connectivity index (χ1) is 10.7. The van der Waals surface area contributed by atoms with Crippen LogP contribution in [0.5, 0.6) is 0 Å². The summed E-state index contributed by atoms with van der Waals surface area (Å²) in [6.07, 6.45) is 3.55. The summed E-state index contributed by atoms with van der Waals surface area (Å²) in [7, 11) is 0. The van der Waals surface area contributed by atoms with Gasteiger partial charge in [-0.3, -0.25) is 9.78 Å². The first kappa shape index (κ1) is 18.9. The molecule has 0 aliphatic rings. The number of ether oxygens (including phenoxy) is 1. The van der Waals surface area contributed by atoms with Crippen molar-refractivity contribution in [3.8, 4) is 0 Å². The normalized spacial score (nSPS) is 13.8. The Morgan fingerprint density at radius 2 is 2.04 bits per heavy atom. The third-order valence-corrected chi connectivity index (χ3v) is 3.36. The second-order valence-electron chi connectivity index (χ2n) is 6.59. The second kappa shape index (κ2) is 8.50. The third-order valence-electron chi connectivity index (χ3n) is 3.36. The van der Waals surface area contributed by atoms with Crippen LogP contribution in [0, 0.1) is 5.92 Å². The van der Waals surface area contributed by atoms with E-state index in [1.54, 1.807) is 33.2 Å². The van der Waals surface area contributed by atoms with Crippen LogP contribution >= 0.6 is 0 Å². The van der Waals surface area contributed by atoms with Gasteiger partial charge in [0, 0.05) is 18.9 Å². The van der Waals surface area contributed by atoms with Gasteiger partial charge < -0.3 is 15.4 Å². The molecule has 0 saturated heterocycles. The fourth-order valence-electron chi connectivity index (χ4n) is 1.94. The number of hydrogen-bond acceptors (Lipinski definition) is 4. The lowest BCUT2D eigenvalue weighted by molar-refractivity contribution is -0.124. The van der Waals surface area contributed by atoms with E-state index in [0.717, 1.165) is 12.0 Å². The molecule has 6 nitrogen and oxygen atoms in total. The molecular formula is C17H27N3O3. The molecule has 2 amide bonds. The van der Waals surface area contributed by atoms with Crippen LogP contribution in [-0.4, -0.2) is 28.6 Å². The Hall–Kier alpha value is -2.11. The van der Waals surface area contributed by atoms with Gasteiger partial charge in [0.05, 0.1) is 0 Å². The minimum Gasteiger partial charge on any atom is -0.444 e. The van der Waals surface area contributed by atoms with Crippen molar-refractivity contribution >= 4 is 12.0 Å². The Labute approximate surface area is 138 Å². The smallest absolute Gasteiger partial charge is 0.408 e. The van der Waals surface area contributed by atoms with Gasteiger partial charge in [-0.1, -0.05) is 26.3 Å². The summed E-state index contributed by atoms with van der Waals surface area (Å²) < 4.78 is 5.24. The Balaban J connectivity index is 2.65. The van der Waals surface area contributed by atoms with Crippen LogP contribution in [0.15, 0.2) is 24.5 Å². The van der Waals surface area contributed by atoms with E-state index in [1.165, 1.54) is 0 Å². The van der Waals surface area contributed by atoms with Gasteiger partial charge in [-0.05, 0) is 38.3 Å². The molecule has 0 saturated carbocycles. The van der Waals surface area contributed by atoms with Crippen LogP contribution in [0.1, 0.15) is 46.6 Å². The van der Waals surface area contributed by atoms with Crippen molar-refractivity contribution in [3.63, 3.8) is 0 Å². The van der Waals surface area contributed by atoms with Gasteiger partial charge >= 0.3 is 6.09 Å². The maximum absolute atomic E-state index is 12.4. The zero-order chi connectivity index (χ0) is 17.5. The lowest BCUT2D eigenvalue weighted by Gasteiger charge is -2.26. The van der Waals surface area contributed by atoms with E-state index in [4.69, 9.17) is 4.74 Å². The molecule has 0 aliphatic heterocycles. The molecule has 2 N–H and O–H groups in total. The van der Waals surface area contributed by atoms with Gasteiger partial charge in [0.1, 0.15) is 11.6 Å². The number of rotatable bonds is 6. The molecule has 1 rings (SSSR count). The first-order valence-electron chi connectivity index (χ1n) is 7.89. The number of nitrogens with one attached hydrogen (secondary N) is 2. The second-order valence-corrected chi connectivity index (χ2v) is 6.59. The monoisotopic (exact) mass is 321 g/mol. The van der Waals surface area contributed by atoms with Gasteiger partial charge in [0.15, 0.2) is 0 Å². The number of aromatic nitrogens is 1. The molecule has 23 heavy (non-hydrogen) atoms. The highest BCUT2D eigenvalue weighted by molar-refractivity contribution is 5.85. The highest BCUT2D eigenvalue weighted by Crippen LogP contribution is 2.11. The molecule has 6 heteroatoms. The maximum atomic E-state index is 12.4. The fraction of sp³-hybridized carbons (Fsp3) is 0.588. The predicted octanol–water partition coefficient (Wildman–Crippen LogP) is 2.64. The molecule has 0 aliphatic carbocycles. The predicted molar refractivity (Wildman–Crippen MR) is 88.7 cm³/mol.